The molecule has 0 radical (unpaired) electrons. The fourth-order valence-corrected chi connectivity index (χ4v) is 5.74. The molecule has 2 amide bonds. The minimum absolute atomic E-state index is 0.000223. The van der Waals surface area contributed by atoms with Crippen LogP contribution in [0.3, 0.4) is 0 Å². The number of ether oxygens (including phenoxy) is 2. The molecule has 1 aromatic heterocycles. The number of hydrogen-bond acceptors (Lipinski definition) is 12. The van der Waals surface area contributed by atoms with Gasteiger partial charge in [-0.15, -0.1) is 0 Å². The van der Waals surface area contributed by atoms with Gasteiger partial charge in [-0.05, 0) is 64.8 Å². The first kappa shape index (κ1) is 42.4. The van der Waals surface area contributed by atoms with Crippen molar-refractivity contribution in [3.05, 3.63) is 47.5 Å². The van der Waals surface area contributed by atoms with E-state index in [0.29, 0.717) is 24.7 Å². The van der Waals surface area contributed by atoms with Crippen molar-refractivity contribution >= 4 is 29.7 Å². The number of nitrogens with zero attached hydrogens (tertiary/aromatic N) is 4. The monoisotopic (exact) mass is 736 g/mol. The van der Waals surface area contributed by atoms with E-state index in [0.717, 1.165) is 25.7 Å². The van der Waals surface area contributed by atoms with E-state index in [1.165, 1.54) is 75.6 Å². The van der Waals surface area contributed by atoms with Crippen LogP contribution in [-0.2, 0) is 0 Å². The van der Waals surface area contributed by atoms with E-state index in [4.69, 9.17) is 9.47 Å². The number of rotatable bonds is 25. The van der Waals surface area contributed by atoms with Gasteiger partial charge in [0.2, 0.25) is 17.8 Å². The van der Waals surface area contributed by atoms with Gasteiger partial charge >= 0.3 is 0 Å². The van der Waals surface area contributed by atoms with Crippen LogP contribution in [0.15, 0.2) is 36.4 Å². The Hall–Kier alpha value is -5.01. The Bertz CT molecular complexity index is 1460. The van der Waals surface area contributed by atoms with Crippen molar-refractivity contribution in [2.24, 2.45) is 0 Å². The molecular weight excluding hydrogens is 676 g/mol. The molecule has 0 aliphatic heterocycles. The van der Waals surface area contributed by atoms with Gasteiger partial charge in [0.25, 0.3) is 11.8 Å². The first-order valence-electron chi connectivity index (χ1n) is 19.1. The lowest BCUT2D eigenvalue weighted by Gasteiger charge is -2.31. The predicted molar refractivity (Wildman–Crippen MR) is 209 cm³/mol. The number of hydrazine groups is 2. The molecule has 0 unspecified atom stereocenters. The van der Waals surface area contributed by atoms with Crippen LogP contribution in [0.4, 0.5) is 17.8 Å². The zero-order chi connectivity index (χ0) is 38.6. The Kier molecular flexibility index (Phi) is 18.3. The van der Waals surface area contributed by atoms with E-state index >= 15 is 0 Å². The van der Waals surface area contributed by atoms with Crippen molar-refractivity contribution < 1.29 is 29.3 Å². The summed E-state index contributed by atoms with van der Waals surface area (Å²) in [5.41, 5.74) is 10.5. The number of amides is 2. The number of unbranched alkanes of at least 4 members (excludes halogenated alkanes) is 10. The minimum atomic E-state index is -0.630. The van der Waals surface area contributed by atoms with Gasteiger partial charge < -0.3 is 24.6 Å². The summed E-state index contributed by atoms with van der Waals surface area (Å²) in [5.74, 6) is -0.562. The van der Waals surface area contributed by atoms with Crippen molar-refractivity contribution in [2.75, 3.05) is 29.0 Å². The van der Waals surface area contributed by atoms with Gasteiger partial charge in [0.1, 0.15) is 23.0 Å². The zero-order valence-electron chi connectivity index (χ0n) is 32.3. The summed E-state index contributed by atoms with van der Waals surface area (Å²) in [5, 5.41) is 21.2. The lowest BCUT2D eigenvalue weighted by molar-refractivity contribution is 0.0951. The van der Waals surface area contributed by atoms with Crippen LogP contribution in [0.5, 0.6) is 23.0 Å². The molecule has 14 nitrogen and oxygen atoms in total. The average Bonchev–Trinajstić information content (AvgIpc) is 3.12. The SMILES string of the molecule is CCCCCCCCOc1ccc(C(=O)NNc2nc(NNC(=O)c3ccc(OCCCCCCCC)cc3O)nc(N(C(C)C)C(C)C)n2)c(O)c1. The van der Waals surface area contributed by atoms with Gasteiger partial charge in [-0.2, -0.15) is 15.0 Å². The summed E-state index contributed by atoms with van der Waals surface area (Å²) in [6.07, 6.45) is 13.7. The maximum absolute atomic E-state index is 13.0. The Morgan fingerprint density at radius 2 is 1.02 bits per heavy atom. The van der Waals surface area contributed by atoms with E-state index in [1.54, 1.807) is 12.1 Å². The molecule has 1 heterocycles. The Labute approximate surface area is 314 Å². The van der Waals surface area contributed by atoms with E-state index in [9.17, 15) is 19.8 Å². The second kappa shape index (κ2) is 22.8. The summed E-state index contributed by atoms with van der Waals surface area (Å²) in [6, 6.07) is 9.05. The molecule has 0 spiro atoms. The Morgan fingerprint density at radius 1 is 0.623 bits per heavy atom. The second-order valence-electron chi connectivity index (χ2n) is 13.6. The van der Waals surface area contributed by atoms with E-state index in [2.05, 4.69) is 50.5 Å². The third kappa shape index (κ3) is 14.5. The van der Waals surface area contributed by atoms with E-state index in [-0.39, 0.29) is 52.6 Å². The van der Waals surface area contributed by atoms with Crippen LogP contribution in [0.2, 0.25) is 0 Å². The maximum atomic E-state index is 13.0. The van der Waals surface area contributed by atoms with E-state index < -0.39 is 11.8 Å². The fraction of sp³-hybridized carbons (Fsp3) is 0.564. The highest BCUT2D eigenvalue weighted by Crippen LogP contribution is 2.26. The number of phenols is 2. The fourth-order valence-electron chi connectivity index (χ4n) is 5.74. The van der Waals surface area contributed by atoms with Crippen LogP contribution in [0.1, 0.15) is 139 Å². The lowest BCUT2D eigenvalue weighted by Crippen LogP contribution is -2.39. The number of aromatic hydroxyl groups is 2. The van der Waals surface area contributed by atoms with Gasteiger partial charge in [0.05, 0.1) is 24.3 Å². The third-order valence-electron chi connectivity index (χ3n) is 8.50. The van der Waals surface area contributed by atoms with Crippen LogP contribution < -0.4 is 36.1 Å². The average molecular weight is 737 g/mol. The molecule has 292 valence electrons. The zero-order valence-corrected chi connectivity index (χ0v) is 32.3. The molecule has 0 saturated carbocycles. The van der Waals surface area contributed by atoms with E-state index in [1.807, 2.05) is 32.6 Å². The summed E-state index contributed by atoms with van der Waals surface area (Å²) in [7, 11) is 0. The molecule has 0 fully saturated rings. The Morgan fingerprint density at radius 3 is 1.40 bits per heavy atom. The van der Waals surface area contributed by atoms with Gasteiger partial charge in [0.15, 0.2) is 0 Å². The normalized spacial score (nSPS) is 11.0. The third-order valence-corrected chi connectivity index (χ3v) is 8.50. The molecule has 3 rings (SSSR count). The summed E-state index contributed by atoms with van der Waals surface area (Å²) < 4.78 is 11.5. The van der Waals surface area contributed by atoms with Crippen LogP contribution in [0, 0.1) is 0 Å². The quantitative estimate of drug-likeness (QED) is 0.0366. The van der Waals surface area contributed by atoms with Gasteiger partial charge in [0, 0.05) is 24.2 Å². The standard InChI is InChI=1S/C39H60N8O6/c1-7-9-11-13-15-17-23-52-29-19-21-31(33(48)25-29)35(50)43-45-37-40-38(42-39(41-37)47(27(3)4)28(5)6)46-44-36(51)32-22-20-30(26-34(32)49)53-24-18-16-14-12-10-8-2/h19-22,25-28,48-49H,7-18,23-24H2,1-6H3,(H,43,50)(H,44,51)(H2,40,41,42,45,46). The maximum Gasteiger partial charge on any atom is 0.273 e. The summed E-state index contributed by atoms with van der Waals surface area (Å²) >= 11 is 0. The lowest BCUT2D eigenvalue weighted by atomic mass is 10.1. The predicted octanol–water partition coefficient (Wildman–Crippen LogP) is 7.90. The Balaban J connectivity index is 1.63. The van der Waals surface area contributed by atoms with Crippen molar-refractivity contribution in [3.8, 4) is 23.0 Å². The van der Waals surface area contributed by atoms with Gasteiger partial charge in [-0.25, -0.2) is 0 Å². The smallest absolute Gasteiger partial charge is 0.273 e. The number of anilines is 3. The molecule has 0 aliphatic carbocycles. The highest BCUT2D eigenvalue weighted by molar-refractivity contribution is 5.98. The molecule has 14 heteroatoms. The molecule has 2 aromatic carbocycles. The number of benzene rings is 2. The number of hydrogen-bond donors (Lipinski definition) is 6. The van der Waals surface area contributed by atoms with Crippen molar-refractivity contribution in [1.29, 1.82) is 0 Å². The summed E-state index contributed by atoms with van der Waals surface area (Å²) in [4.78, 5) is 41.3. The number of carbonyl (C=O) groups excluding carboxylic acids is 2. The number of carbonyl (C=O) groups is 2. The molecule has 6 N–H and O–H groups in total. The largest absolute Gasteiger partial charge is 0.507 e. The van der Waals surface area contributed by atoms with Crippen molar-refractivity contribution in [1.82, 2.24) is 25.8 Å². The summed E-state index contributed by atoms with van der Waals surface area (Å²) in [6.45, 7) is 13.4. The molecule has 0 saturated heterocycles. The van der Waals surface area contributed by atoms with Gasteiger partial charge in [-0.1, -0.05) is 78.1 Å². The molecule has 0 bridgehead atoms. The number of aromatic nitrogens is 3. The minimum Gasteiger partial charge on any atom is -0.507 e. The number of phenolic OH excluding ortho intramolecular Hbond substituents is 2. The first-order valence-corrected chi connectivity index (χ1v) is 19.1. The number of nitrogens with one attached hydrogen (secondary N) is 4. The molecule has 53 heavy (non-hydrogen) atoms. The highest BCUT2D eigenvalue weighted by Gasteiger charge is 2.21. The second-order valence-corrected chi connectivity index (χ2v) is 13.6. The van der Waals surface area contributed by atoms with Gasteiger partial charge in [-0.3, -0.25) is 31.3 Å². The first-order chi connectivity index (χ1) is 25.5. The molecular formula is C39H60N8O6. The van der Waals surface area contributed by atoms with Crippen LogP contribution in [-0.4, -0.2) is 62.3 Å². The van der Waals surface area contributed by atoms with Crippen molar-refractivity contribution in [3.63, 3.8) is 0 Å². The topological polar surface area (TPSA) is 183 Å². The van der Waals surface area contributed by atoms with Crippen molar-refractivity contribution in [2.45, 2.75) is 131 Å². The van der Waals surface area contributed by atoms with Crippen LogP contribution >= 0.6 is 0 Å². The molecule has 0 atom stereocenters. The van der Waals surface area contributed by atoms with Crippen LogP contribution in [0.25, 0.3) is 0 Å². The molecule has 3 aromatic rings. The molecule has 0 aliphatic rings. The highest BCUT2D eigenvalue weighted by atomic mass is 16.5.